The average molecular weight is 421 g/mol. The van der Waals surface area contributed by atoms with Crippen molar-refractivity contribution in [1.82, 2.24) is 10.3 Å². The maximum atomic E-state index is 13.0. The molecule has 152 valence electrons. The molecule has 2 aromatic rings. The van der Waals surface area contributed by atoms with E-state index in [1.807, 2.05) is 0 Å². The summed E-state index contributed by atoms with van der Waals surface area (Å²) in [7, 11) is 0. The number of hydrogen-bond acceptors (Lipinski definition) is 4. The van der Waals surface area contributed by atoms with Crippen LogP contribution in [0, 0.1) is 0 Å². The van der Waals surface area contributed by atoms with Crippen LogP contribution in [0.2, 0.25) is 0 Å². The highest BCUT2D eigenvalue weighted by Crippen LogP contribution is 2.36. The van der Waals surface area contributed by atoms with Gasteiger partial charge < -0.3 is 10.6 Å². The zero-order chi connectivity index (χ0) is 20.5. The van der Waals surface area contributed by atoms with Crippen molar-refractivity contribution in [2.24, 2.45) is 0 Å². The number of nitrogens with zero attached hydrogens (tertiary/aromatic N) is 1. The van der Waals surface area contributed by atoms with Gasteiger partial charge in [0.25, 0.3) is 0 Å². The number of hydrogen-bond donors (Lipinski definition) is 2. The van der Waals surface area contributed by atoms with E-state index in [-0.39, 0.29) is 24.1 Å². The summed E-state index contributed by atoms with van der Waals surface area (Å²) in [6.45, 7) is 4.84. The molecule has 0 saturated carbocycles. The van der Waals surface area contributed by atoms with E-state index in [1.54, 1.807) is 5.38 Å². The van der Waals surface area contributed by atoms with E-state index in [4.69, 9.17) is 0 Å². The molecule has 1 aromatic heterocycles. The second-order valence-corrected chi connectivity index (χ2v) is 7.39. The van der Waals surface area contributed by atoms with Gasteiger partial charge in [-0.05, 0) is 43.1 Å². The fourth-order valence-electron chi connectivity index (χ4n) is 2.98. The maximum Gasteiger partial charge on any atom is 0.416 e. The number of aromatic nitrogens is 1. The predicted octanol–water partition coefficient (Wildman–Crippen LogP) is 5.45. The molecule has 1 atom stereocenters. The Morgan fingerprint density at radius 3 is 2.32 bits per heavy atom. The van der Waals surface area contributed by atoms with Crippen molar-refractivity contribution in [2.75, 3.05) is 11.9 Å². The first-order chi connectivity index (χ1) is 13.0. The molecule has 0 unspecified atom stereocenters. The molecule has 0 radical (unpaired) electrons. The van der Waals surface area contributed by atoms with Crippen LogP contribution >= 0.6 is 11.3 Å². The van der Waals surface area contributed by atoms with Crippen molar-refractivity contribution in [3.05, 3.63) is 58.2 Å². The van der Waals surface area contributed by atoms with Crippen LogP contribution in [-0.2, 0) is 18.8 Å². The first-order valence-electron chi connectivity index (χ1n) is 8.44. The van der Waals surface area contributed by atoms with E-state index < -0.39 is 23.5 Å². The molecule has 0 spiro atoms. The second kappa shape index (κ2) is 7.75. The standard InChI is InChI=1S/C18H17F6N3S/c1-10(15-3-2-4-25-15)26-16-27-14(9-28-16)7-11-5-12(17(19,20)21)8-13(6-11)18(22,23)24/h5-6,8-9,15,25H,1-4,7H2,(H,26,27)/t15-/m0/s1. The summed E-state index contributed by atoms with van der Waals surface area (Å²) in [4.78, 5) is 4.26. The Morgan fingerprint density at radius 2 is 1.79 bits per heavy atom. The molecule has 10 heteroatoms. The molecule has 28 heavy (non-hydrogen) atoms. The number of rotatable bonds is 5. The number of anilines is 1. The molecule has 2 N–H and O–H groups in total. The Kier molecular flexibility index (Phi) is 5.72. The third-order valence-corrected chi connectivity index (χ3v) is 5.14. The van der Waals surface area contributed by atoms with Gasteiger partial charge in [-0.3, -0.25) is 0 Å². The Balaban J connectivity index is 1.78. The number of alkyl halides is 6. The lowest BCUT2D eigenvalue weighted by molar-refractivity contribution is -0.143. The van der Waals surface area contributed by atoms with E-state index in [1.165, 1.54) is 11.3 Å². The Morgan fingerprint density at radius 1 is 1.14 bits per heavy atom. The minimum Gasteiger partial charge on any atom is -0.334 e. The molecular formula is C18H17F6N3S. The zero-order valence-electron chi connectivity index (χ0n) is 14.5. The van der Waals surface area contributed by atoms with E-state index in [0.717, 1.165) is 37.2 Å². The fraction of sp³-hybridized carbons (Fsp3) is 0.389. The summed E-state index contributed by atoms with van der Waals surface area (Å²) in [5.41, 5.74) is -1.64. The lowest BCUT2D eigenvalue weighted by Gasteiger charge is -2.14. The highest BCUT2D eigenvalue weighted by atomic mass is 32.1. The first-order valence-corrected chi connectivity index (χ1v) is 9.32. The summed E-state index contributed by atoms with van der Waals surface area (Å²) < 4.78 is 77.8. The molecule has 0 aliphatic carbocycles. The van der Waals surface area contributed by atoms with Gasteiger partial charge in [-0.1, -0.05) is 6.58 Å². The van der Waals surface area contributed by atoms with Crippen LogP contribution < -0.4 is 10.6 Å². The predicted molar refractivity (Wildman–Crippen MR) is 95.2 cm³/mol. The van der Waals surface area contributed by atoms with Crippen molar-refractivity contribution in [3.63, 3.8) is 0 Å². The van der Waals surface area contributed by atoms with Crippen LogP contribution in [0.5, 0.6) is 0 Å². The summed E-state index contributed by atoms with van der Waals surface area (Å²) >= 11 is 1.22. The summed E-state index contributed by atoms with van der Waals surface area (Å²) in [5, 5.41) is 8.42. The average Bonchev–Trinajstić information content (AvgIpc) is 3.25. The summed E-state index contributed by atoms with van der Waals surface area (Å²) in [6.07, 6.45) is -7.90. The summed E-state index contributed by atoms with van der Waals surface area (Å²) in [5.74, 6) is 0. The first kappa shape index (κ1) is 20.7. The van der Waals surface area contributed by atoms with Crippen LogP contribution in [0.25, 0.3) is 0 Å². The molecule has 1 aliphatic rings. The Bertz CT molecular complexity index is 817. The van der Waals surface area contributed by atoms with Gasteiger partial charge in [-0.15, -0.1) is 11.3 Å². The van der Waals surface area contributed by atoms with Crippen LogP contribution in [0.3, 0.4) is 0 Å². The van der Waals surface area contributed by atoms with E-state index >= 15 is 0 Å². The Hall–Kier alpha value is -2.07. The normalized spacial score (nSPS) is 17.7. The molecule has 1 saturated heterocycles. The topological polar surface area (TPSA) is 37.0 Å². The van der Waals surface area contributed by atoms with Gasteiger partial charge in [0.2, 0.25) is 0 Å². The van der Waals surface area contributed by atoms with Crippen molar-refractivity contribution >= 4 is 16.5 Å². The molecule has 2 heterocycles. The highest BCUT2D eigenvalue weighted by molar-refractivity contribution is 7.13. The van der Waals surface area contributed by atoms with E-state index in [0.29, 0.717) is 10.8 Å². The molecule has 3 rings (SSSR count). The number of halogens is 6. The zero-order valence-corrected chi connectivity index (χ0v) is 15.4. The number of thiazole rings is 1. The lowest BCUT2D eigenvalue weighted by atomic mass is 10.0. The third-order valence-electron chi connectivity index (χ3n) is 4.33. The molecule has 0 bridgehead atoms. The second-order valence-electron chi connectivity index (χ2n) is 6.53. The SMILES string of the molecule is C=C(Nc1nc(Cc2cc(C(F)(F)F)cc(C(F)(F)F)c2)cs1)[C@@H]1CCCN1. The van der Waals surface area contributed by atoms with E-state index in [9.17, 15) is 26.3 Å². The molecule has 1 aromatic carbocycles. The maximum absolute atomic E-state index is 13.0. The van der Waals surface area contributed by atoms with Gasteiger partial charge in [0.05, 0.1) is 16.8 Å². The van der Waals surface area contributed by atoms with Crippen molar-refractivity contribution in [2.45, 2.75) is 37.7 Å². The minimum atomic E-state index is -4.86. The number of nitrogens with one attached hydrogen (secondary N) is 2. The van der Waals surface area contributed by atoms with Gasteiger partial charge >= 0.3 is 12.4 Å². The largest absolute Gasteiger partial charge is 0.416 e. The van der Waals surface area contributed by atoms with Crippen LogP contribution in [0.1, 0.15) is 35.2 Å². The molecule has 3 nitrogen and oxygen atoms in total. The Labute approximate surface area is 161 Å². The molecule has 1 aliphatic heterocycles. The third kappa shape index (κ3) is 5.05. The molecule has 0 amide bonds. The minimum absolute atomic E-state index is 0.102. The van der Waals surface area contributed by atoms with Crippen molar-refractivity contribution in [3.8, 4) is 0 Å². The van der Waals surface area contributed by atoms with Gasteiger partial charge in [0, 0.05) is 23.5 Å². The van der Waals surface area contributed by atoms with Crippen molar-refractivity contribution in [1.29, 1.82) is 0 Å². The van der Waals surface area contributed by atoms with Gasteiger partial charge in [-0.2, -0.15) is 26.3 Å². The van der Waals surface area contributed by atoms with Crippen LogP contribution in [-0.4, -0.2) is 17.6 Å². The van der Waals surface area contributed by atoms with Gasteiger partial charge in [-0.25, -0.2) is 4.98 Å². The number of benzene rings is 1. The van der Waals surface area contributed by atoms with Crippen LogP contribution in [0.4, 0.5) is 31.5 Å². The monoisotopic (exact) mass is 421 g/mol. The van der Waals surface area contributed by atoms with E-state index in [2.05, 4.69) is 22.2 Å². The molecule has 1 fully saturated rings. The quantitative estimate of drug-likeness (QED) is 0.631. The highest BCUT2D eigenvalue weighted by Gasteiger charge is 2.36. The molecular weight excluding hydrogens is 404 g/mol. The van der Waals surface area contributed by atoms with Gasteiger partial charge in [0.1, 0.15) is 0 Å². The lowest BCUT2D eigenvalue weighted by Crippen LogP contribution is -2.26. The van der Waals surface area contributed by atoms with Gasteiger partial charge in [0.15, 0.2) is 5.13 Å². The van der Waals surface area contributed by atoms with Crippen molar-refractivity contribution < 1.29 is 26.3 Å². The van der Waals surface area contributed by atoms with Crippen LogP contribution in [0.15, 0.2) is 35.9 Å². The smallest absolute Gasteiger partial charge is 0.334 e. The summed E-state index contributed by atoms with van der Waals surface area (Å²) in [6, 6.07) is 1.69. The fourth-order valence-corrected chi connectivity index (χ4v) is 3.73.